The fourth-order valence-electron chi connectivity index (χ4n) is 2.58. The Morgan fingerprint density at radius 3 is 2.50 bits per heavy atom. The maximum atomic E-state index is 12.0. The number of rotatable bonds is 3. The number of phenolic OH excluding ortho intramolecular Hbond substituents is 1. The summed E-state index contributed by atoms with van der Waals surface area (Å²) >= 11 is 11.6. The van der Waals surface area contributed by atoms with E-state index in [1.807, 2.05) is 0 Å². The van der Waals surface area contributed by atoms with E-state index in [0.29, 0.717) is 12.1 Å². The van der Waals surface area contributed by atoms with E-state index in [-0.39, 0.29) is 33.7 Å². The van der Waals surface area contributed by atoms with Gasteiger partial charge in [-0.1, -0.05) is 36.0 Å². The first-order valence-electron chi connectivity index (χ1n) is 6.71. The lowest BCUT2D eigenvalue weighted by Crippen LogP contribution is -2.35. The first-order valence-corrected chi connectivity index (χ1v) is 7.46. The van der Waals surface area contributed by atoms with Crippen molar-refractivity contribution in [1.82, 2.24) is 0 Å². The van der Waals surface area contributed by atoms with E-state index in [1.165, 1.54) is 12.1 Å². The average Bonchev–Trinajstić information content (AvgIpc) is 2.38. The molecule has 6 heteroatoms. The summed E-state index contributed by atoms with van der Waals surface area (Å²) in [6.07, 6.45) is 4.64. The minimum atomic E-state index is -0.180. The molecule has 1 aliphatic carbocycles. The smallest absolute Gasteiger partial charge is 0.224 e. The zero-order valence-corrected chi connectivity index (χ0v) is 12.5. The highest BCUT2D eigenvalue weighted by Crippen LogP contribution is 2.35. The lowest BCUT2D eigenvalue weighted by atomic mass is 9.83. The van der Waals surface area contributed by atoms with Gasteiger partial charge in [-0.05, 0) is 30.9 Å². The van der Waals surface area contributed by atoms with Gasteiger partial charge < -0.3 is 16.2 Å². The van der Waals surface area contributed by atoms with Crippen molar-refractivity contribution in [3.8, 4) is 5.75 Å². The number of amides is 1. The molecule has 1 fully saturated rings. The first-order chi connectivity index (χ1) is 9.47. The van der Waals surface area contributed by atoms with Crippen molar-refractivity contribution in [2.45, 2.75) is 38.1 Å². The summed E-state index contributed by atoms with van der Waals surface area (Å²) in [5, 5.41) is 12.4. The summed E-state index contributed by atoms with van der Waals surface area (Å²) in [7, 11) is 0. The topological polar surface area (TPSA) is 75.4 Å². The number of halogens is 2. The van der Waals surface area contributed by atoms with Gasteiger partial charge in [0.15, 0.2) is 5.75 Å². The molecule has 4 nitrogen and oxygen atoms in total. The predicted octanol–water partition coefficient (Wildman–Crippen LogP) is 3.55. The largest absolute Gasteiger partial charge is 0.505 e. The third kappa shape index (κ3) is 3.78. The van der Waals surface area contributed by atoms with Crippen molar-refractivity contribution in [3.63, 3.8) is 0 Å². The van der Waals surface area contributed by atoms with E-state index in [0.717, 1.165) is 25.7 Å². The van der Waals surface area contributed by atoms with Gasteiger partial charge in [0.05, 0.1) is 10.0 Å². The Balaban J connectivity index is 1.97. The van der Waals surface area contributed by atoms with Crippen LogP contribution in [0, 0.1) is 5.92 Å². The molecule has 2 unspecified atom stereocenters. The third-order valence-electron chi connectivity index (χ3n) is 3.72. The molecule has 2 rings (SSSR count). The second-order valence-corrected chi connectivity index (χ2v) is 6.06. The van der Waals surface area contributed by atoms with Gasteiger partial charge in [-0.15, -0.1) is 0 Å². The van der Waals surface area contributed by atoms with E-state index in [2.05, 4.69) is 5.32 Å². The van der Waals surface area contributed by atoms with Crippen LogP contribution in [0.15, 0.2) is 12.1 Å². The Labute approximate surface area is 128 Å². The number of anilines is 1. The molecule has 0 spiro atoms. The van der Waals surface area contributed by atoms with E-state index in [9.17, 15) is 9.90 Å². The minimum absolute atomic E-state index is 0.0986. The zero-order valence-electron chi connectivity index (χ0n) is 11.0. The molecular weight excluding hydrogens is 299 g/mol. The van der Waals surface area contributed by atoms with Crippen molar-refractivity contribution in [2.75, 3.05) is 5.32 Å². The van der Waals surface area contributed by atoms with E-state index < -0.39 is 0 Å². The van der Waals surface area contributed by atoms with Crippen LogP contribution in [0.5, 0.6) is 5.75 Å². The predicted molar refractivity (Wildman–Crippen MR) is 81.3 cm³/mol. The molecule has 4 N–H and O–H groups in total. The van der Waals surface area contributed by atoms with Crippen LogP contribution in [0.4, 0.5) is 5.69 Å². The number of nitrogens with two attached hydrogens (primary N) is 1. The molecule has 0 heterocycles. The maximum Gasteiger partial charge on any atom is 0.224 e. The Kier molecular flexibility index (Phi) is 5.13. The fraction of sp³-hybridized carbons (Fsp3) is 0.500. The van der Waals surface area contributed by atoms with Gasteiger partial charge in [-0.25, -0.2) is 0 Å². The highest BCUT2D eigenvalue weighted by atomic mass is 35.5. The minimum Gasteiger partial charge on any atom is -0.505 e. The Bertz CT molecular complexity index is 485. The number of carbonyl (C=O) groups excluding carboxylic acids is 1. The van der Waals surface area contributed by atoms with Crippen molar-refractivity contribution in [1.29, 1.82) is 0 Å². The summed E-state index contributed by atoms with van der Waals surface area (Å²) < 4.78 is 0. The number of hydrogen-bond acceptors (Lipinski definition) is 3. The van der Waals surface area contributed by atoms with E-state index >= 15 is 0 Å². The van der Waals surface area contributed by atoms with Gasteiger partial charge in [0.2, 0.25) is 5.91 Å². The molecule has 0 radical (unpaired) electrons. The standard InChI is InChI=1S/C14H18Cl2N2O2/c15-10-6-9(7-11(16)14(10)20)18-13(19)5-8-3-1-2-4-12(8)17/h6-8,12,20H,1-5,17H2,(H,18,19). The van der Waals surface area contributed by atoms with Gasteiger partial charge in [0, 0.05) is 18.2 Å². The summed E-state index contributed by atoms with van der Waals surface area (Å²) in [5.74, 6) is -0.0578. The highest BCUT2D eigenvalue weighted by Gasteiger charge is 2.24. The maximum absolute atomic E-state index is 12.0. The van der Waals surface area contributed by atoms with E-state index in [4.69, 9.17) is 28.9 Å². The van der Waals surface area contributed by atoms with Crippen LogP contribution >= 0.6 is 23.2 Å². The Hall–Kier alpha value is -0.970. The van der Waals surface area contributed by atoms with Crippen LogP contribution in [-0.2, 0) is 4.79 Å². The molecule has 1 aliphatic rings. The molecule has 20 heavy (non-hydrogen) atoms. The molecule has 0 bridgehead atoms. The first kappa shape index (κ1) is 15.4. The lowest BCUT2D eigenvalue weighted by Gasteiger charge is -2.27. The SMILES string of the molecule is NC1CCCCC1CC(=O)Nc1cc(Cl)c(O)c(Cl)c1. The van der Waals surface area contributed by atoms with Crippen molar-refractivity contribution < 1.29 is 9.90 Å². The second-order valence-electron chi connectivity index (χ2n) is 5.25. The van der Waals surface area contributed by atoms with Crippen LogP contribution in [0.2, 0.25) is 10.0 Å². The van der Waals surface area contributed by atoms with Crippen LogP contribution in [0.3, 0.4) is 0 Å². The molecule has 1 aromatic rings. The second kappa shape index (κ2) is 6.66. The molecule has 1 saturated carbocycles. The normalized spacial score (nSPS) is 22.6. The Morgan fingerprint density at radius 1 is 1.30 bits per heavy atom. The van der Waals surface area contributed by atoms with E-state index in [1.54, 1.807) is 0 Å². The van der Waals surface area contributed by atoms with Crippen LogP contribution in [-0.4, -0.2) is 17.1 Å². The summed E-state index contributed by atoms with van der Waals surface area (Å²) in [5.41, 5.74) is 6.51. The molecule has 0 aliphatic heterocycles. The number of phenols is 1. The van der Waals surface area contributed by atoms with Gasteiger partial charge in [-0.2, -0.15) is 0 Å². The number of hydrogen-bond donors (Lipinski definition) is 3. The molecule has 0 aromatic heterocycles. The third-order valence-corrected chi connectivity index (χ3v) is 4.29. The molecular formula is C14H18Cl2N2O2. The van der Waals surface area contributed by atoms with Crippen molar-refractivity contribution in [3.05, 3.63) is 22.2 Å². The molecule has 1 aromatic carbocycles. The lowest BCUT2D eigenvalue weighted by molar-refractivity contribution is -0.117. The summed E-state index contributed by atoms with van der Waals surface area (Å²) in [6, 6.07) is 3.05. The fourth-order valence-corrected chi connectivity index (χ4v) is 3.06. The van der Waals surface area contributed by atoms with Gasteiger partial charge in [0.1, 0.15) is 0 Å². The summed E-state index contributed by atoms with van der Waals surface area (Å²) in [6.45, 7) is 0. The van der Waals surface area contributed by atoms with Crippen LogP contribution < -0.4 is 11.1 Å². The molecule has 110 valence electrons. The van der Waals surface area contributed by atoms with Crippen molar-refractivity contribution in [2.24, 2.45) is 11.7 Å². The van der Waals surface area contributed by atoms with Gasteiger partial charge >= 0.3 is 0 Å². The Morgan fingerprint density at radius 2 is 1.90 bits per heavy atom. The zero-order chi connectivity index (χ0) is 14.7. The van der Waals surface area contributed by atoms with Crippen molar-refractivity contribution >= 4 is 34.8 Å². The number of carbonyl (C=O) groups is 1. The van der Waals surface area contributed by atoms with Gasteiger partial charge in [0.25, 0.3) is 0 Å². The number of nitrogens with one attached hydrogen (secondary N) is 1. The summed E-state index contributed by atoms with van der Waals surface area (Å²) in [4.78, 5) is 12.0. The number of aromatic hydroxyl groups is 1. The molecule has 2 atom stereocenters. The quantitative estimate of drug-likeness (QED) is 0.746. The highest BCUT2D eigenvalue weighted by molar-refractivity contribution is 6.37. The monoisotopic (exact) mass is 316 g/mol. The number of benzene rings is 1. The van der Waals surface area contributed by atoms with Gasteiger partial charge in [-0.3, -0.25) is 4.79 Å². The van der Waals surface area contributed by atoms with Crippen LogP contribution in [0.1, 0.15) is 32.1 Å². The molecule has 0 saturated heterocycles. The van der Waals surface area contributed by atoms with Crippen LogP contribution in [0.25, 0.3) is 0 Å². The average molecular weight is 317 g/mol. The molecule has 1 amide bonds.